The van der Waals surface area contributed by atoms with Gasteiger partial charge in [0.15, 0.2) is 0 Å². The second kappa shape index (κ2) is 5.31. The Bertz CT molecular complexity index is 293. The minimum absolute atomic E-state index is 0.00445. The Labute approximate surface area is 97.6 Å². The van der Waals surface area contributed by atoms with Crippen LogP contribution < -0.4 is 5.32 Å². The van der Waals surface area contributed by atoms with E-state index >= 15 is 0 Å². The maximum absolute atomic E-state index is 11.6. The zero-order valence-electron chi connectivity index (χ0n) is 10.4. The van der Waals surface area contributed by atoms with Gasteiger partial charge < -0.3 is 10.2 Å². The van der Waals surface area contributed by atoms with Crippen LogP contribution in [0, 0.1) is 16.7 Å². The molecule has 0 bridgehead atoms. The molecule has 1 N–H and O–H groups in total. The van der Waals surface area contributed by atoms with Crippen LogP contribution in [0.2, 0.25) is 0 Å². The lowest BCUT2D eigenvalue weighted by Gasteiger charge is -2.16. The van der Waals surface area contributed by atoms with E-state index in [0.717, 1.165) is 32.4 Å². The molecule has 0 aromatic heterocycles. The van der Waals surface area contributed by atoms with Crippen LogP contribution in [0.1, 0.15) is 33.1 Å². The zero-order valence-corrected chi connectivity index (χ0v) is 10.4. The highest BCUT2D eigenvalue weighted by Crippen LogP contribution is 2.20. The van der Waals surface area contributed by atoms with E-state index in [1.165, 1.54) is 0 Å². The molecule has 1 aliphatic rings. The van der Waals surface area contributed by atoms with Crippen LogP contribution in [0.3, 0.4) is 0 Å². The van der Waals surface area contributed by atoms with E-state index in [1.807, 2.05) is 20.9 Å². The fourth-order valence-electron chi connectivity index (χ4n) is 1.87. The number of carbonyl (C=O) groups is 1. The Morgan fingerprint density at radius 2 is 2.31 bits per heavy atom. The van der Waals surface area contributed by atoms with Crippen LogP contribution in [0.25, 0.3) is 0 Å². The number of nitrogens with one attached hydrogen (secondary N) is 1. The smallest absolute Gasteiger partial charge is 0.239 e. The van der Waals surface area contributed by atoms with Crippen molar-refractivity contribution in [1.82, 2.24) is 10.2 Å². The molecule has 0 aliphatic carbocycles. The number of rotatable bonds is 5. The molecule has 4 nitrogen and oxygen atoms in total. The molecule has 1 fully saturated rings. The van der Waals surface area contributed by atoms with Gasteiger partial charge in [0.2, 0.25) is 5.91 Å². The predicted molar refractivity (Wildman–Crippen MR) is 62.7 cm³/mol. The molecule has 1 unspecified atom stereocenters. The van der Waals surface area contributed by atoms with Gasteiger partial charge in [0.1, 0.15) is 0 Å². The molecule has 1 amide bonds. The van der Waals surface area contributed by atoms with Gasteiger partial charge in [0.25, 0.3) is 0 Å². The summed E-state index contributed by atoms with van der Waals surface area (Å²) in [6, 6.07) is 2.28. The Hall–Kier alpha value is -1.08. The monoisotopic (exact) mass is 223 g/mol. The summed E-state index contributed by atoms with van der Waals surface area (Å²) >= 11 is 0. The van der Waals surface area contributed by atoms with Crippen molar-refractivity contribution in [3.8, 4) is 6.07 Å². The van der Waals surface area contributed by atoms with Gasteiger partial charge in [0, 0.05) is 13.6 Å². The van der Waals surface area contributed by atoms with Gasteiger partial charge in [-0.3, -0.25) is 4.79 Å². The van der Waals surface area contributed by atoms with Gasteiger partial charge in [-0.2, -0.15) is 5.26 Å². The van der Waals surface area contributed by atoms with Crippen molar-refractivity contribution in [1.29, 1.82) is 5.26 Å². The van der Waals surface area contributed by atoms with Crippen LogP contribution in [-0.4, -0.2) is 37.0 Å². The van der Waals surface area contributed by atoms with Gasteiger partial charge in [-0.25, -0.2) is 0 Å². The van der Waals surface area contributed by atoms with E-state index in [-0.39, 0.29) is 17.4 Å². The molecule has 4 heteroatoms. The number of amides is 1. The average Bonchev–Trinajstić information content (AvgIpc) is 2.56. The summed E-state index contributed by atoms with van der Waals surface area (Å²) in [5, 5.41) is 12.1. The lowest BCUT2D eigenvalue weighted by atomic mass is 9.90. The number of nitriles is 1. The summed E-state index contributed by atoms with van der Waals surface area (Å²) in [5.41, 5.74) is -0.252. The molecule has 90 valence electrons. The molecule has 1 atom stereocenters. The van der Waals surface area contributed by atoms with Gasteiger partial charge in [-0.15, -0.1) is 0 Å². The quantitative estimate of drug-likeness (QED) is 0.711. The first-order chi connectivity index (χ1) is 7.46. The normalized spacial score (nSPS) is 21.2. The first-order valence-electron chi connectivity index (χ1n) is 5.86. The second-order valence-corrected chi connectivity index (χ2v) is 5.15. The van der Waals surface area contributed by atoms with Crippen molar-refractivity contribution >= 4 is 5.91 Å². The summed E-state index contributed by atoms with van der Waals surface area (Å²) < 4.78 is 0. The Kier molecular flexibility index (Phi) is 4.31. The topological polar surface area (TPSA) is 56.1 Å². The van der Waals surface area contributed by atoms with Crippen molar-refractivity contribution in [3.05, 3.63) is 0 Å². The third kappa shape index (κ3) is 3.49. The molecule has 0 saturated carbocycles. The Morgan fingerprint density at radius 3 is 2.81 bits per heavy atom. The van der Waals surface area contributed by atoms with Crippen molar-refractivity contribution in [2.45, 2.75) is 39.2 Å². The maximum atomic E-state index is 11.6. The van der Waals surface area contributed by atoms with Crippen LogP contribution in [0.4, 0.5) is 0 Å². The van der Waals surface area contributed by atoms with Gasteiger partial charge in [0.05, 0.1) is 17.5 Å². The summed E-state index contributed by atoms with van der Waals surface area (Å²) in [5.74, 6) is 0.194. The highest BCUT2D eigenvalue weighted by molar-refractivity contribution is 5.83. The van der Waals surface area contributed by atoms with Crippen LogP contribution in [0.5, 0.6) is 0 Å². The van der Waals surface area contributed by atoms with E-state index < -0.39 is 0 Å². The third-order valence-electron chi connectivity index (χ3n) is 3.10. The molecule has 0 aromatic rings. The number of carbonyl (C=O) groups excluding carboxylic acids is 1. The fraction of sp³-hybridized carbons (Fsp3) is 0.833. The molecule has 0 spiro atoms. The van der Waals surface area contributed by atoms with Crippen molar-refractivity contribution in [2.24, 2.45) is 5.41 Å². The number of hydrogen-bond acceptors (Lipinski definition) is 3. The van der Waals surface area contributed by atoms with Crippen molar-refractivity contribution in [3.63, 3.8) is 0 Å². The molecule has 0 radical (unpaired) electrons. The molecule has 1 rings (SSSR count). The Morgan fingerprint density at radius 1 is 1.62 bits per heavy atom. The minimum Gasteiger partial charge on any atom is -0.344 e. The molecule has 0 aromatic carbocycles. The highest BCUT2D eigenvalue weighted by atomic mass is 16.2. The highest BCUT2D eigenvalue weighted by Gasteiger charge is 2.28. The summed E-state index contributed by atoms with van der Waals surface area (Å²) in [7, 11) is 1.84. The minimum atomic E-state index is -0.252. The standard InChI is InChI=1S/C12H21N3O/c1-12(2,9-13)6-4-7-14-10-5-8-15(3)11(10)16/h10,14H,4-8H2,1-3H3. The third-order valence-corrected chi connectivity index (χ3v) is 3.10. The van der Waals surface area contributed by atoms with Crippen LogP contribution >= 0.6 is 0 Å². The largest absolute Gasteiger partial charge is 0.344 e. The lowest BCUT2D eigenvalue weighted by Crippen LogP contribution is -2.37. The molecule has 1 aliphatic heterocycles. The number of nitrogens with zero attached hydrogens (tertiary/aromatic N) is 2. The lowest BCUT2D eigenvalue weighted by molar-refractivity contribution is -0.128. The fourth-order valence-corrected chi connectivity index (χ4v) is 1.87. The number of hydrogen-bond donors (Lipinski definition) is 1. The van der Waals surface area contributed by atoms with Crippen molar-refractivity contribution in [2.75, 3.05) is 20.1 Å². The summed E-state index contributed by atoms with van der Waals surface area (Å²) in [6.45, 7) is 5.55. The first kappa shape index (κ1) is 13.0. The number of likely N-dealkylation sites (tertiary alicyclic amines) is 1. The predicted octanol–water partition coefficient (Wildman–Crippen LogP) is 1.14. The van der Waals surface area contributed by atoms with Gasteiger partial charge in [-0.05, 0) is 39.7 Å². The SMILES string of the molecule is CN1CCC(NCCCC(C)(C)C#N)C1=O. The first-order valence-corrected chi connectivity index (χ1v) is 5.86. The van der Waals surface area contributed by atoms with E-state index in [0.29, 0.717) is 0 Å². The Balaban J connectivity index is 2.18. The molecular formula is C12H21N3O. The van der Waals surface area contributed by atoms with Gasteiger partial charge in [-0.1, -0.05) is 0 Å². The van der Waals surface area contributed by atoms with E-state index in [9.17, 15) is 4.79 Å². The number of likely N-dealkylation sites (N-methyl/N-ethyl adjacent to an activating group) is 1. The molecule has 1 heterocycles. The van der Waals surface area contributed by atoms with E-state index in [2.05, 4.69) is 11.4 Å². The van der Waals surface area contributed by atoms with Gasteiger partial charge >= 0.3 is 0 Å². The molecule has 1 saturated heterocycles. The molecular weight excluding hydrogens is 202 g/mol. The zero-order chi connectivity index (χ0) is 12.2. The van der Waals surface area contributed by atoms with E-state index in [4.69, 9.17) is 5.26 Å². The van der Waals surface area contributed by atoms with Crippen molar-refractivity contribution < 1.29 is 4.79 Å². The second-order valence-electron chi connectivity index (χ2n) is 5.15. The average molecular weight is 223 g/mol. The van der Waals surface area contributed by atoms with Crippen LogP contribution in [0.15, 0.2) is 0 Å². The summed E-state index contributed by atoms with van der Waals surface area (Å²) in [6.07, 6.45) is 2.71. The summed E-state index contributed by atoms with van der Waals surface area (Å²) in [4.78, 5) is 13.3. The van der Waals surface area contributed by atoms with Crippen LogP contribution in [-0.2, 0) is 4.79 Å². The molecule has 16 heavy (non-hydrogen) atoms. The maximum Gasteiger partial charge on any atom is 0.239 e. The van der Waals surface area contributed by atoms with E-state index in [1.54, 1.807) is 4.90 Å².